The minimum absolute atomic E-state index is 0.0463. The Morgan fingerprint density at radius 3 is 1.90 bits per heavy atom. The zero-order chi connectivity index (χ0) is 24.3. The molecule has 1 saturated carbocycles. The smallest absolute Gasteiger partial charge is 0.348 e. The number of aliphatic hydroxyl groups excluding tert-OH is 1. The summed E-state index contributed by atoms with van der Waals surface area (Å²) in [4.78, 5) is 17.4. The van der Waals surface area contributed by atoms with Gasteiger partial charge in [-0.25, -0.2) is 4.98 Å². The second-order valence-corrected chi connectivity index (χ2v) is 7.49. The molecule has 0 unspecified atom stereocenters. The van der Waals surface area contributed by atoms with Crippen molar-refractivity contribution in [2.24, 2.45) is 0 Å². The molecule has 0 radical (unpaired) electrons. The van der Waals surface area contributed by atoms with Crippen molar-refractivity contribution >= 4 is 34.9 Å². The molecule has 11 heteroatoms. The Morgan fingerprint density at radius 1 is 1.20 bits per heavy atom. The number of hydrogen-bond acceptors (Lipinski definition) is 9. The van der Waals surface area contributed by atoms with Crippen molar-refractivity contribution in [3.63, 3.8) is 0 Å². The molecule has 30 heavy (non-hydrogen) atoms. The van der Waals surface area contributed by atoms with Gasteiger partial charge in [0.15, 0.2) is 10.9 Å². The van der Waals surface area contributed by atoms with Crippen molar-refractivity contribution in [2.45, 2.75) is 97.6 Å². The van der Waals surface area contributed by atoms with Gasteiger partial charge >= 0.3 is 5.69 Å². The van der Waals surface area contributed by atoms with Crippen molar-refractivity contribution < 1.29 is 20.2 Å². The molecule has 0 saturated heterocycles. The van der Waals surface area contributed by atoms with Gasteiger partial charge in [0.25, 0.3) is 0 Å². The second-order valence-electron chi connectivity index (χ2n) is 6.07. The van der Waals surface area contributed by atoms with Gasteiger partial charge in [-0.2, -0.15) is 4.98 Å². The molecule has 0 amide bonds. The largest absolute Gasteiger partial charge is 0.393 e. The number of hydrogen-bond donors (Lipinski definition) is 4. The molecule has 0 aromatic carbocycles. The van der Waals surface area contributed by atoms with Crippen molar-refractivity contribution in [2.75, 3.05) is 11.5 Å². The third-order valence-electron chi connectivity index (χ3n) is 2.79. The predicted octanol–water partition coefficient (Wildman–Crippen LogP) is 4.80. The number of rotatable bonds is 4. The van der Waals surface area contributed by atoms with E-state index in [9.17, 15) is 10.1 Å². The van der Waals surface area contributed by atoms with Gasteiger partial charge in [-0.15, -0.1) is 0 Å². The van der Waals surface area contributed by atoms with Crippen molar-refractivity contribution in [3.05, 3.63) is 15.3 Å². The Kier molecular flexibility index (Phi) is 22.0. The lowest BCUT2D eigenvalue weighted by Gasteiger charge is -2.03. The fraction of sp³-hybridized carbons (Fsp3) is 0.789. The molecule has 5 N–H and O–H groups in total. The van der Waals surface area contributed by atoms with Crippen molar-refractivity contribution in [1.29, 1.82) is 0 Å². The fourth-order valence-electron chi connectivity index (χ4n) is 1.75. The lowest BCUT2D eigenvalue weighted by Crippen LogP contribution is -2.15. The number of nitrogens with two attached hydrogens (primary N) is 1. The summed E-state index contributed by atoms with van der Waals surface area (Å²) in [5.74, 6) is -0.883. The van der Waals surface area contributed by atoms with E-state index in [1.807, 2.05) is 34.6 Å². The minimum atomic E-state index is -1.50. The lowest BCUT2D eigenvalue weighted by molar-refractivity contribution is -0.384. The first-order valence-electron chi connectivity index (χ1n) is 10.2. The summed E-state index contributed by atoms with van der Waals surface area (Å²) in [6.45, 7) is 12.6. The molecule has 0 aliphatic heterocycles. The zero-order valence-electron chi connectivity index (χ0n) is 19.2. The molecule has 1 aliphatic rings. The Morgan fingerprint density at radius 2 is 1.63 bits per heavy atom. The van der Waals surface area contributed by atoms with E-state index in [4.69, 9.17) is 32.7 Å². The van der Waals surface area contributed by atoms with E-state index >= 15 is 0 Å². The van der Waals surface area contributed by atoms with E-state index < -0.39 is 16.4 Å². The Bertz CT molecular complexity index is 539. The molecular formula is C19H39ClN4O5S. The SMILES string of the molecule is CC.CC.CC(C)(O)O.CCCSc1nc(N)c([N+](=O)[O-])c(Cl)n1.OC1CCCC1. The zero-order valence-corrected chi connectivity index (χ0v) is 20.8. The quantitative estimate of drug-likeness (QED) is 0.121. The summed E-state index contributed by atoms with van der Waals surface area (Å²) in [6.07, 6.45) is 5.55. The molecule has 1 aromatic rings. The summed E-state index contributed by atoms with van der Waals surface area (Å²) in [5, 5.41) is 35.6. The molecule has 9 nitrogen and oxygen atoms in total. The van der Waals surface area contributed by atoms with Crippen LogP contribution < -0.4 is 5.73 Å². The van der Waals surface area contributed by atoms with Gasteiger partial charge in [0, 0.05) is 5.75 Å². The highest BCUT2D eigenvalue weighted by molar-refractivity contribution is 7.99. The highest BCUT2D eigenvalue weighted by Gasteiger charge is 2.21. The monoisotopic (exact) mass is 470 g/mol. The van der Waals surface area contributed by atoms with E-state index in [-0.39, 0.29) is 17.1 Å². The maximum absolute atomic E-state index is 10.5. The van der Waals surface area contributed by atoms with E-state index in [0.717, 1.165) is 25.0 Å². The Labute approximate surface area is 189 Å². The summed E-state index contributed by atoms with van der Waals surface area (Å²) in [5.41, 5.74) is 4.97. The van der Waals surface area contributed by atoms with E-state index in [1.165, 1.54) is 38.5 Å². The second kappa shape index (κ2) is 19.7. The topological polar surface area (TPSA) is 156 Å². The molecule has 1 aliphatic carbocycles. The van der Waals surface area contributed by atoms with Gasteiger partial charge < -0.3 is 21.1 Å². The van der Waals surface area contributed by atoms with Crippen molar-refractivity contribution in [1.82, 2.24) is 9.97 Å². The number of thioether (sulfide) groups is 1. The number of aliphatic hydroxyl groups is 3. The fourth-order valence-corrected chi connectivity index (χ4v) is 2.76. The lowest BCUT2D eigenvalue weighted by atomic mass is 10.3. The normalized spacial score (nSPS) is 12.6. The first-order valence-corrected chi connectivity index (χ1v) is 11.5. The van der Waals surface area contributed by atoms with Gasteiger partial charge in [0.2, 0.25) is 11.0 Å². The molecule has 1 heterocycles. The van der Waals surface area contributed by atoms with Crippen LogP contribution in [0.3, 0.4) is 0 Å². The molecule has 0 spiro atoms. The summed E-state index contributed by atoms with van der Waals surface area (Å²) in [7, 11) is 0. The Hall–Kier alpha value is -1.20. The molecule has 0 bridgehead atoms. The number of nitrogens with zero attached hydrogens (tertiary/aromatic N) is 3. The molecule has 2 rings (SSSR count). The number of aromatic nitrogens is 2. The van der Waals surface area contributed by atoms with Crippen molar-refractivity contribution in [3.8, 4) is 0 Å². The predicted molar refractivity (Wildman–Crippen MR) is 125 cm³/mol. The van der Waals surface area contributed by atoms with Crippen LogP contribution in [0.4, 0.5) is 11.5 Å². The molecule has 178 valence electrons. The van der Waals surface area contributed by atoms with Crippen LogP contribution in [0.15, 0.2) is 5.16 Å². The summed E-state index contributed by atoms with van der Waals surface area (Å²) in [6, 6.07) is 0. The molecular weight excluding hydrogens is 432 g/mol. The highest BCUT2D eigenvalue weighted by atomic mass is 35.5. The first-order chi connectivity index (χ1) is 14.0. The number of nitrogen functional groups attached to an aromatic ring is 1. The molecule has 1 aromatic heterocycles. The van der Waals surface area contributed by atoms with Crippen LogP contribution in [0.2, 0.25) is 5.15 Å². The maximum atomic E-state index is 10.5. The highest BCUT2D eigenvalue weighted by Crippen LogP contribution is 2.29. The van der Waals surface area contributed by atoms with E-state index in [1.54, 1.807) is 0 Å². The third-order valence-corrected chi connectivity index (χ3v) is 4.11. The number of nitro groups is 1. The minimum Gasteiger partial charge on any atom is -0.393 e. The maximum Gasteiger partial charge on any atom is 0.348 e. The van der Waals surface area contributed by atoms with Gasteiger partial charge in [-0.1, -0.05) is 70.8 Å². The average Bonchev–Trinajstić information content (AvgIpc) is 3.12. The van der Waals surface area contributed by atoms with Crippen LogP contribution in [0.5, 0.6) is 0 Å². The van der Waals surface area contributed by atoms with Gasteiger partial charge in [0.1, 0.15) is 0 Å². The standard InChI is InChI=1S/C7H9ClN4O2S.C5H10O.C3H8O2.2C2H6/c1-2-3-15-7-10-5(8)4(12(13)14)6(9)11-7;6-5-3-1-2-4-5;1-3(2,4)5;2*1-2/h2-3H2,1H3,(H2,9,10,11);5-6H,1-4H2;4-5H,1-2H3;2*1-2H3. The van der Waals surface area contributed by atoms with E-state index in [0.29, 0.717) is 5.16 Å². The van der Waals surface area contributed by atoms with Crippen LogP contribution in [0.1, 0.15) is 80.6 Å². The number of halogens is 1. The molecule has 0 atom stereocenters. The van der Waals surface area contributed by atoms with Crippen LogP contribution in [-0.4, -0.2) is 47.9 Å². The first kappa shape index (κ1) is 33.4. The average molecular weight is 471 g/mol. The molecule has 1 fully saturated rings. The third kappa shape index (κ3) is 20.1. The summed E-state index contributed by atoms with van der Waals surface area (Å²) < 4.78 is 0. The van der Waals surface area contributed by atoms with Gasteiger partial charge in [0.05, 0.1) is 11.0 Å². The van der Waals surface area contributed by atoms with Gasteiger partial charge in [-0.05, 0) is 33.1 Å². The van der Waals surface area contributed by atoms with Gasteiger partial charge in [-0.3, -0.25) is 10.1 Å². The number of anilines is 1. The van der Waals surface area contributed by atoms with Crippen LogP contribution >= 0.6 is 23.4 Å². The van der Waals surface area contributed by atoms with Crippen LogP contribution in [-0.2, 0) is 0 Å². The van der Waals surface area contributed by atoms with Crippen LogP contribution in [0, 0.1) is 10.1 Å². The van der Waals surface area contributed by atoms with Crippen LogP contribution in [0.25, 0.3) is 0 Å². The van der Waals surface area contributed by atoms with E-state index in [2.05, 4.69) is 9.97 Å². The summed E-state index contributed by atoms with van der Waals surface area (Å²) >= 11 is 6.98. The Balaban J connectivity index is -0.000000400.